The van der Waals surface area contributed by atoms with Crippen LogP contribution in [0.15, 0.2) is 12.2 Å². The molecule has 8 N–H and O–H groups in total. The van der Waals surface area contributed by atoms with E-state index in [0.717, 1.165) is 51.4 Å². The molecular weight excluding hydrogens is 787 g/mol. The Morgan fingerprint density at radius 1 is 0.548 bits per heavy atom. The zero-order valence-electron chi connectivity index (χ0n) is 39.9. The lowest BCUT2D eigenvalue weighted by Gasteiger charge is -2.40. The molecule has 1 fully saturated rings. The van der Waals surface area contributed by atoms with Crippen molar-refractivity contribution in [2.75, 3.05) is 13.2 Å². The number of aliphatic hydroxyl groups excluding tert-OH is 7. The summed E-state index contributed by atoms with van der Waals surface area (Å²) in [5.74, 6) is -0.703. The number of nitrogens with one attached hydrogen (secondary N) is 1. The highest BCUT2D eigenvalue weighted by molar-refractivity contribution is 5.80. The van der Waals surface area contributed by atoms with Gasteiger partial charge in [0.05, 0.1) is 25.4 Å². The summed E-state index contributed by atoms with van der Waals surface area (Å²) in [5.41, 5.74) is 0. The predicted octanol–water partition coefficient (Wildman–Crippen LogP) is 9.62. The standard InChI is InChI=1S/C51H99NO10/c1-3-5-7-9-11-13-15-17-19-21-23-24-26-28-30-32-34-36-38-43(54)46(56)42(41-61-51-49(59)48(58)47(57)45(40-53)62-51)52-50(60)44(55)39-37-35-33-31-29-27-25-22-20-18-16-14-12-10-8-6-4-2/h25,27,42-49,51,53-59H,3-24,26,28-41H2,1-2H3,(H,52,60)/b27-25-. The van der Waals surface area contributed by atoms with E-state index in [-0.39, 0.29) is 6.42 Å². The maximum Gasteiger partial charge on any atom is 0.249 e. The Bertz CT molecular complexity index is 1020. The van der Waals surface area contributed by atoms with Crippen LogP contribution in [0, 0.1) is 0 Å². The number of unbranched alkanes of at least 4 members (excludes halogenated alkanes) is 30. The van der Waals surface area contributed by atoms with Gasteiger partial charge in [-0.1, -0.05) is 212 Å². The van der Waals surface area contributed by atoms with Gasteiger partial charge in [0.2, 0.25) is 5.91 Å². The van der Waals surface area contributed by atoms with Gasteiger partial charge in [0.1, 0.15) is 36.6 Å². The summed E-state index contributed by atoms with van der Waals surface area (Å²) >= 11 is 0. The maximum absolute atomic E-state index is 13.1. The molecule has 11 nitrogen and oxygen atoms in total. The molecule has 0 aromatic heterocycles. The molecule has 1 heterocycles. The quantitative estimate of drug-likeness (QED) is 0.0216. The third-order valence-electron chi connectivity index (χ3n) is 12.8. The van der Waals surface area contributed by atoms with Crippen LogP contribution in [0.25, 0.3) is 0 Å². The molecule has 0 radical (unpaired) electrons. The van der Waals surface area contributed by atoms with Crippen molar-refractivity contribution in [3.05, 3.63) is 12.2 Å². The third-order valence-corrected chi connectivity index (χ3v) is 12.8. The number of carbonyl (C=O) groups excluding carboxylic acids is 1. The van der Waals surface area contributed by atoms with Gasteiger partial charge >= 0.3 is 0 Å². The smallest absolute Gasteiger partial charge is 0.249 e. The topological polar surface area (TPSA) is 189 Å². The molecule has 0 saturated carbocycles. The molecule has 1 rings (SSSR count). The number of rotatable bonds is 44. The highest BCUT2D eigenvalue weighted by Crippen LogP contribution is 2.23. The van der Waals surface area contributed by atoms with E-state index >= 15 is 0 Å². The molecule has 0 spiro atoms. The summed E-state index contributed by atoms with van der Waals surface area (Å²) in [6, 6.07) is -1.17. The Morgan fingerprint density at radius 3 is 1.35 bits per heavy atom. The van der Waals surface area contributed by atoms with Crippen molar-refractivity contribution in [1.29, 1.82) is 0 Å². The van der Waals surface area contributed by atoms with E-state index in [9.17, 15) is 40.5 Å². The van der Waals surface area contributed by atoms with E-state index in [0.29, 0.717) is 19.3 Å². The number of ether oxygens (including phenoxy) is 2. The molecule has 0 aromatic rings. The molecule has 1 aliphatic rings. The van der Waals surface area contributed by atoms with E-state index in [2.05, 4.69) is 31.3 Å². The molecule has 11 heteroatoms. The third kappa shape index (κ3) is 30.1. The minimum absolute atomic E-state index is 0.249. The van der Waals surface area contributed by atoms with Gasteiger partial charge in [-0.15, -0.1) is 0 Å². The molecule has 62 heavy (non-hydrogen) atoms. The summed E-state index contributed by atoms with van der Waals surface area (Å²) in [5, 5.41) is 75.9. The molecule has 1 aliphatic heterocycles. The van der Waals surface area contributed by atoms with E-state index in [1.54, 1.807) is 0 Å². The monoisotopic (exact) mass is 886 g/mol. The number of amides is 1. The number of hydrogen-bond acceptors (Lipinski definition) is 10. The fourth-order valence-corrected chi connectivity index (χ4v) is 8.50. The van der Waals surface area contributed by atoms with Crippen LogP contribution >= 0.6 is 0 Å². The van der Waals surface area contributed by atoms with Crippen LogP contribution in [0.1, 0.15) is 239 Å². The Kier molecular flexibility index (Phi) is 39.2. The van der Waals surface area contributed by atoms with Crippen LogP contribution < -0.4 is 5.32 Å². The van der Waals surface area contributed by atoms with Crippen molar-refractivity contribution in [2.24, 2.45) is 0 Å². The Balaban J connectivity index is 2.39. The molecule has 9 unspecified atom stereocenters. The average molecular weight is 886 g/mol. The lowest BCUT2D eigenvalue weighted by atomic mass is 9.98. The van der Waals surface area contributed by atoms with E-state index in [4.69, 9.17) is 9.47 Å². The minimum atomic E-state index is -1.66. The SMILES string of the molecule is CCCCCCCCCCC/C=C\CCCCCCC(O)C(=O)NC(COC1OC(CO)C(O)C(O)C1O)C(O)C(O)CCCCCCCCCCCCCCCCCCCC. The van der Waals surface area contributed by atoms with Gasteiger partial charge in [-0.25, -0.2) is 0 Å². The van der Waals surface area contributed by atoms with Crippen LogP contribution in [0.3, 0.4) is 0 Å². The zero-order chi connectivity index (χ0) is 45.5. The van der Waals surface area contributed by atoms with Crippen molar-refractivity contribution in [2.45, 2.75) is 294 Å². The van der Waals surface area contributed by atoms with E-state index in [1.807, 2.05) is 0 Å². The number of aliphatic hydroxyl groups is 7. The van der Waals surface area contributed by atoms with Gasteiger partial charge in [0.15, 0.2) is 6.29 Å². The molecule has 1 amide bonds. The minimum Gasteiger partial charge on any atom is -0.394 e. The maximum atomic E-state index is 13.1. The molecular formula is C51H99NO10. The number of carbonyl (C=O) groups is 1. The van der Waals surface area contributed by atoms with Gasteiger partial charge < -0.3 is 50.5 Å². The molecule has 1 saturated heterocycles. The Hall–Kier alpha value is -1.15. The lowest BCUT2D eigenvalue weighted by molar-refractivity contribution is -0.303. The Labute approximate surface area is 379 Å². The van der Waals surface area contributed by atoms with Crippen molar-refractivity contribution in [3.63, 3.8) is 0 Å². The molecule has 368 valence electrons. The first-order valence-corrected chi connectivity index (χ1v) is 26.1. The average Bonchev–Trinajstić information content (AvgIpc) is 3.27. The normalized spacial score (nSPS) is 21.3. The van der Waals surface area contributed by atoms with Crippen LogP contribution in [-0.4, -0.2) is 110 Å². The largest absolute Gasteiger partial charge is 0.394 e. The van der Waals surface area contributed by atoms with Crippen LogP contribution in [0.5, 0.6) is 0 Å². The molecule has 0 aliphatic carbocycles. The fraction of sp³-hybridized carbons (Fsp3) is 0.941. The predicted molar refractivity (Wildman–Crippen MR) is 252 cm³/mol. The van der Waals surface area contributed by atoms with E-state index in [1.165, 1.54) is 148 Å². The highest BCUT2D eigenvalue weighted by atomic mass is 16.7. The van der Waals surface area contributed by atoms with Crippen LogP contribution in [-0.2, 0) is 14.3 Å². The second-order valence-electron chi connectivity index (χ2n) is 18.6. The first-order chi connectivity index (χ1) is 30.2. The molecule has 0 aromatic carbocycles. The van der Waals surface area contributed by atoms with Gasteiger partial charge in [0.25, 0.3) is 0 Å². The molecule has 9 atom stereocenters. The zero-order valence-corrected chi connectivity index (χ0v) is 39.9. The summed E-state index contributed by atoms with van der Waals surface area (Å²) in [7, 11) is 0. The van der Waals surface area contributed by atoms with Crippen molar-refractivity contribution in [3.8, 4) is 0 Å². The first kappa shape index (κ1) is 58.9. The van der Waals surface area contributed by atoms with Gasteiger partial charge in [-0.2, -0.15) is 0 Å². The van der Waals surface area contributed by atoms with Crippen molar-refractivity contribution >= 4 is 5.91 Å². The van der Waals surface area contributed by atoms with Crippen molar-refractivity contribution in [1.82, 2.24) is 5.32 Å². The first-order valence-electron chi connectivity index (χ1n) is 26.1. The summed E-state index contributed by atoms with van der Waals surface area (Å²) in [6.07, 6.45) is 33.9. The Morgan fingerprint density at radius 2 is 0.935 bits per heavy atom. The summed E-state index contributed by atoms with van der Waals surface area (Å²) in [6.45, 7) is 3.46. The summed E-state index contributed by atoms with van der Waals surface area (Å²) in [4.78, 5) is 13.1. The fourth-order valence-electron chi connectivity index (χ4n) is 8.50. The summed E-state index contributed by atoms with van der Waals surface area (Å²) < 4.78 is 11.1. The van der Waals surface area contributed by atoms with Crippen LogP contribution in [0.2, 0.25) is 0 Å². The van der Waals surface area contributed by atoms with E-state index < -0.39 is 74.2 Å². The lowest BCUT2D eigenvalue weighted by Crippen LogP contribution is -2.60. The number of allylic oxidation sites excluding steroid dienone is 2. The van der Waals surface area contributed by atoms with Crippen molar-refractivity contribution < 1.29 is 50.0 Å². The highest BCUT2D eigenvalue weighted by Gasteiger charge is 2.44. The number of hydrogen-bond donors (Lipinski definition) is 8. The van der Waals surface area contributed by atoms with Crippen LogP contribution in [0.4, 0.5) is 0 Å². The van der Waals surface area contributed by atoms with Gasteiger partial charge in [0, 0.05) is 0 Å². The second kappa shape index (κ2) is 41.3. The van der Waals surface area contributed by atoms with Gasteiger partial charge in [-0.3, -0.25) is 4.79 Å². The molecule has 0 bridgehead atoms. The second-order valence-corrected chi connectivity index (χ2v) is 18.6. The van der Waals surface area contributed by atoms with Gasteiger partial charge in [-0.05, 0) is 38.5 Å².